The number of nitrogens with one attached hydrogen (secondary N) is 2. The van der Waals surface area contributed by atoms with Crippen molar-refractivity contribution in [3.8, 4) is 11.5 Å². The van der Waals surface area contributed by atoms with Crippen LogP contribution in [-0.4, -0.2) is 30.5 Å². The lowest BCUT2D eigenvalue weighted by Crippen LogP contribution is -2.40. The summed E-state index contributed by atoms with van der Waals surface area (Å²) in [5, 5.41) is 15.5. The molecular weight excluding hydrogens is 260 g/mol. The molecule has 6 nitrogen and oxygen atoms in total. The Kier molecular flexibility index (Phi) is 4.68. The van der Waals surface area contributed by atoms with E-state index in [9.17, 15) is 9.90 Å². The molecule has 1 atom stereocenters. The molecule has 0 aliphatic carbocycles. The number of hydrogen-bond acceptors (Lipinski definition) is 4. The molecule has 0 saturated carbocycles. The fraction of sp³-hybridized carbons (Fsp3) is 0.500. The van der Waals surface area contributed by atoms with Gasteiger partial charge in [-0.25, -0.2) is 4.79 Å². The number of rotatable bonds is 5. The maximum absolute atomic E-state index is 11.4. The van der Waals surface area contributed by atoms with Crippen molar-refractivity contribution < 1.29 is 19.4 Å². The third kappa shape index (κ3) is 3.77. The van der Waals surface area contributed by atoms with E-state index in [0.717, 1.165) is 5.56 Å². The van der Waals surface area contributed by atoms with E-state index in [1.165, 1.54) is 0 Å². The largest absolute Gasteiger partial charge is 0.454 e. The summed E-state index contributed by atoms with van der Waals surface area (Å²) in [5.74, 6) is 1.34. The highest BCUT2D eigenvalue weighted by Crippen LogP contribution is 2.34. The van der Waals surface area contributed by atoms with Crippen LogP contribution in [0.4, 0.5) is 4.79 Å². The molecule has 2 amide bonds. The van der Waals surface area contributed by atoms with Gasteiger partial charge in [0, 0.05) is 12.6 Å². The maximum atomic E-state index is 11.4. The van der Waals surface area contributed by atoms with Gasteiger partial charge in [0.2, 0.25) is 6.79 Å². The van der Waals surface area contributed by atoms with Gasteiger partial charge in [0.25, 0.3) is 0 Å². The normalized spacial score (nSPS) is 14.2. The SMILES string of the molecule is CC(C)NC(=O)NCCC(O)c1ccc2c(c1)OCO2. The van der Waals surface area contributed by atoms with E-state index in [4.69, 9.17) is 9.47 Å². The van der Waals surface area contributed by atoms with Crippen molar-refractivity contribution in [1.82, 2.24) is 10.6 Å². The van der Waals surface area contributed by atoms with Gasteiger partial charge in [-0.2, -0.15) is 0 Å². The van der Waals surface area contributed by atoms with E-state index in [1.54, 1.807) is 18.2 Å². The van der Waals surface area contributed by atoms with Crippen LogP contribution in [-0.2, 0) is 0 Å². The predicted octanol–water partition coefficient (Wildman–Crippen LogP) is 1.55. The zero-order valence-electron chi connectivity index (χ0n) is 11.7. The van der Waals surface area contributed by atoms with Crippen LogP contribution in [0.3, 0.4) is 0 Å². The first-order valence-electron chi connectivity index (χ1n) is 6.68. The average molecular weight is 280 g/mol. The lowest BCUT2D eigenvalue weighted by atomic mass is 10.1. The van der Waals surface area contributed by atoms with Gasteiger partial charge in [-0.3, -0.25) is 0 Å². The molecule has 1 unspecified atom stereocenters. The molecule has 1 aliphatic heterocycles. The molecule has 1 aromatic rings. The van der Waals surface area contributed by atoms with E-state index < -0.39 is 6.10 Å². The Hall–Kier alpha value is -1.95. The van der Waals surface area contributed by atoms with Gasteiger partial charge in [0.1, 0.15) is 0 Å². The predicted molar refractivity (Wildman–Crippen MR) is 73.8 cm³/mol. The molecule has 1 aromatic carbocycles. The van der Waals surface area contributed by atoms with E-state index in [2.05, 4.69) is 10.6 Å². The number of aliphatic hydroxyl groups is 1. The lowest BCUT2D eigenvalue weighted by Gasteiger charge is -2.13. The van der Waals surface area contributed by atoms with Gasteiger partial charge in [0.05, 0.1) is 6.10 Å². The molecule has 0 fully saturated rings. The summed E-state index contributed by atoms with van der Waals surface area (Å²) in [5.41, 5.74) is 0.750. The van der Waals surface area contributed by atoms with Crippen LogP contribution in [0.2, 0.25) is 0 Å². The van der Waals surface area contributed by atoms with Crippen molar-refractivity contribution in [1.29, 1.82) is 0 Å². The molecular formula is C14H20N2O4. The number of hydrogen-bond donors (Lipinski definition) is 3. The van der Waals surface area contributed by atoms with Crippen LogP contribution in [0, 0.1) is 0 Å². The van der Waals surface area contributed by atoms with E-state index >= 15 is 0 Å². The van der Waals surface area contributed by atoms with E-state index in [0.29, 0.717) is 24.5 Å². The second kappa shape index (κ2) is 6.47. The standard InChI is InChI=1S/C14H20N2O4/c1-9(2)16-14(18)15-6-5-11(17)10-3-4-12-13(7-10)20-8-19-12/h3-4,7,9,11,17H,5-6,8H2,1-2H3,(H2,15,16,18). The first-order chi connectivity index (χ1) is 9.56. The molecule has 2 rings (SSSR count). The summed E-state index contributed by atoms with van der Waals surface area (Å²) in [4.78, 5) is 11.4. The Balaban J connectivity index is 1.80. The number of carbonyl (C=O) groups excluding carboxylic acids is 1. The van der Waals surface area contributed by atoms with Gasteiger partial charge in [-0.1, -0.05) is 6.07 Å². The summed E-state index contributed by atoms with van der Waals surface area (Å²) in [6, 6.07) is 5.21. The summed E-state index contributed by atoms with van der Waals surface area (Å²) in [6.45, 7) is 4.39. The van der Waals surface area contributed by atoms with Crippen LogP contribution < -0.4 is 20.1 Å². The molecule has 110 valence electrons. The molecule has 1 aliphatic rings. The Bertz CT molecular complexity index is 476. The van der Waals surface area contributed by atoms with Crippen molar-refractivity contribution in [2.45, 2.75) is 32.4 Å². The van der Waals surface area contributed by atoms with Crippen molar-refractivity contribution >= 4 is 6.03 Å². The van der Waals surface area contributed by atoms with Gasteiger partial charge >= 0.3 is 6.03 Å². The zero-order valence-corrected chi connectivity index (χ0v) is 11.7. The number of aliphatic hydroxyl groups excluding tert-OH is 1. The minimum Gasteiger partial charge on any atom is -0.454 e. The highest BCUT2D eigenvalue weighted by atomic mass is 16.7. The number of fused-ring (bicyclic) bond motifs is 1. The van der Waals surface area contributed by atoms with E-state index in [1.807, 2.05) is 13.8 Å². The summed E-state index contributed by atoms with van der Waals surface area (Å²) < 4.78 is 10.5. The minimum atomic E-state index is -0.649. The first-order valence-corrected chi connectivity index (χ1v) is 6.68. The fourth-order valence-electron chi connectivity index (χ4n) is 1.92. The Morgan fingerprint density at radius 2 is 2.10 bits per heavy atom. The van der Waals surface area contributed by atoms with Gasteiger partial charge in [-0.15, -0.1) is 0 Å². The van der Waals surface area contributed by atoms with Gasteiger partial charge in [-0.05, 0) is 38.0 Å². The number of amides is 2. The second-order valence-electron chi connectivity index (χ2n) is 4.97. The smallest absolute Gasteiger partial charge is 0.314 e. The van der Waals surface area contributed by atoms with Crippen molar-refractivity contribution in [3.05, 3.63) is 23.8 Å². The Morgan fingerprint density at radius 3 is 2.85 bits per heavy atom. The van der Waals surface area contributed by atoms with Crippen molar-refractivity contribution in [2.24, 2.45) is 0 Å². The number of urea groups is 1. The maximum Gasteiger partial charge on any atom is 0.314 e. The quantitative estimate of drug-likeness (QED) is 0.764. The summed E-state index contributed by atoms with van der Waals surface area (Å²) in [6.07, 6.45) is -0.214. The highest BCUT2D eigenvalue weighted by Gasteiger charge is 2.16. The Labute approximate surface area is 118 Å². The van der Waals surface area contributed by atoms with Gasteiger partial charge in [0.15, 0.2) is 11.5 Å². The molecule has 0 spiro atoms. The molecule has 1 heterocycles. The summed E-state index contributed by atoms with van der Waals surface area (Å²) in [7, 11) is 0. The molecule has 0 aromatic heterocycles. The molecule has 0 bridgehead atoms. The monoisotopic (exact) mass is 280 g/mol. The third-order valence-electron chi connectivity index (χ3n) is 2.90. The van der Waals surface area contributed by atoms with Crippen molar-refractivity contribution in [2.75, 3.05) is 13.3 Å². The lowest BCUT2D eigenvalue weighted by molar-refractivity contribution is 0.165. The van der Waals surface area contributed by atoms with Crippen LogP contribution in [0.5, 0.6) is 11.5 Å². The number of ether oxygens (including phenoxy) is 2. The first kappa shape index (κ1) is 14.5. The fourth-order valence-corrected chi connectivity index (χ4v) is 1.92. The highest BCUT2D eigenvalue weighted by molar-refractivity contribution is 5.74. The molecule has 3 N–H and O–H groups in total. The van der Waals surface area contributed by atoms with Crippen LogP contribution in [0.25, 0.3) is 0 Å². The van der Waals surface area contributed by atoms with Crippen LogP contribution in [0.15, 0.2) is 18.2 Å². The molecule has 20 heavy (non-hydrogen) atoms. The number of carbonyl (C=O) groups is 1. The number of benzene rings is 1. The zero-order chi connectivity index (χ0) is 14.5. The summed E-state index contributed by atoms with van der Waals surface area (Å²) >= 11 is 0. The third-order valence-corrected chi connectivity index (χ3v) is 2.90. The van der Waals surface area contributed by atoms with Crippen LogP contribution in [0.1, 0.15) is 31.9 Å². The minimum absolute atomic E-state index is 0.0915. The Morgan fingerprint density at radius 1 is 1.35 bits per heavy atom. The van der Waals surface area contributed by atoms with E-state index in [-0.39, 0.29) is 18.9 Å². The second-order valence-corrected chi connectivity index (χ2v) is 4.97. The van der Waals surface area contributed by atoms with Gasteiger partial charge < -0.3 is 25.2 Å². The topological polar surface area (TPSA) is 79.8 Å². The van der Waals surface area contributed by atoms with Crippen molar-refractivity contribution in [3.63, 3.8) is 0 Å². The average Bonchev–Trinajstić information content (AvgIpc) is 2.84. The molecule has 0 saturated heterocycles. The van der Waals surface area contributed by atoms with Crippen LogP contribution >= 0.6 is 0 Å². The molecule has 6 heteroatoms. The molecule has 0 radical (unpaired) electrons.